The molecule has 114 valence electrons. The Labute approximate surface area is 146 Å². The van der Waals surface area contributed by atoms with Crippen LogP contribution in [0.15, 0.2) is 35.6 Å². The smallest absolute Gasteiger partial charge is 0.269 e. The summed E-state index contributed by atoms with van der Waals surface area (Å²) >= 11 is 13.0. The maximum absolute atomic E-state index is 12.5. The van der Waals surface area contributed by atoms with E-state index in [1.807, 2.05) is 0 Å². The van der Waals surface area contributed by atoms with Crippen LogP contribution in [0.2, 0.25) is 10.0 Å². The molecule has 0 amide bonds. The molecular weight excluding hydrogens is 353 g/mol. The molecule has 0 aliphatic heterocycles. The van der Waals surface area contributed by atoms with Crippen LogP contribution in [-0.2, 0) is 6.54 Å². The summed E-state index contributed by atoms with van der Waals surface area (Å²) in [7, 11) is 0. The van der Waals surface area contributed by atoms with E-state index in [0.29, 0.717) is 24.8 Å². The van der Waals surface area contributed by atoms with Crippen molar-refractivity contribution < 1.29 is 0 Å². The van der Waals surface area contributed by atoms with Crippen molar-refractivity contribution in [1.82, 2.24) is 4.57 Å². The Kier molecular flexibility index (Phi) is 5.41. The highest BCUT2D eigenvalue weighted by Crippen LogP contribution is 2.21. The third-order valence-corrected chi connectivity index (χ3v) is 4.60. The van der Waals surface area contributed by atoms with Gasteiger partial charge in [0.15, 0.2) is 5.57 Å². The summed E-state index contributed by atoms with van der Waals surface area (Å²) in [5.41, 5.74) is 0.205. The number of halogens is 2. The number of allylic oxidation sites excluding steroid dienone is 1. The van der Waals surface area contributed by atoms with Crippen LogP contribution in [0, 0.1) is 22.7 Å². The minimum Gasteiger partial charge on any atom is -0.293 e. The predicted octanol–water partition coefficient (Wildman–Crippen LogP) is 2.43. The van der Waals surface area contributed by atoms with Crippen LogP contribution in [-0.4, -0.2) is 4.57 Å². The minimum absolute atomic E-state index is 0.115. The summed E-state index contributed by atoms with van der Waals surface area (Å²) in [5, 5.41) is 19.0. The number of nitriles is 2. The van der Waals surface area contributed by atoms with Crippen LogP contribution >= 0.6 is 34.5 Å². The van der Waals surface area contributed by atoms with Gasteiger partial charge < -0.3 is 0 Å². The predicted molar refractivity (Wildman–Crippen MR) is 92.7 cm³/mol. The van der Waals surface area contributed by atoms with Crippen molar-refractivity contribution in [3.8, 4) is 12.1 Å². The molecule has 1 aromatic carbocycles. The van der Waals surface area contributed by atoms with E-state index in [-0.39, 0.29) is 17.7 Å². The van der Waals surface area contributed by atoms with Gasteiger partial charge in [-0.2, -0.15) is 10.5 Å². The Balaban J connectivity index is 2.83. The fourth-order valence-electron chi connectivity index (χ4n) is 1.88. The van der Waals surface area contributed by atoms with Gasteiger partial charge in [0.05, 0.1) is 4.53 Å². The van der Waals surface area contributed by atoms with Gasteiger partial charge in [-0.15, -0.1) is 17.9 Å². The zero-order valence-electron chi connectivity index (χ0n) is 11.7. The normalized spacial score (nSPS) is 10.9. The third-order valence-electron chi connectivity index (χ3n) is 2.91. The van der Waals surface area contributed by atoms with E-state index >= 15 is 0 Å². The van der Waals surface area contributed by atoms with Gasteiger partial charge in [0.25, 0.3) is 5.56 Å². The average molecular weight is 362 g/mol. The van der Waals surface area contributed by atoms with Gasteiger partial charge in [-0.25, -0.2) is 0 Å². The highest BCUT2D eigenvalue weighted by molar-refractivity contribution is 7.07. The first kappa shape index (κ1) is 17.1. The quantitative estimate of drug-likeness (QED) is 0.788. The second kappa shape index (κ2) is 7.30. The van der Waals surface area contributed by atoms with Crippen LogP contribution in [0.25, 0.3) is 11.6 Å². The summed E-state index contributed by atoms with van der Waals surface area (Å²) < 4.78 is 2.01. The van der Waals surface area contributed by atoms with Crippen molar-refractivity contribution in [2.24, 2.45) is 0 Å². The van der Waals surface area contributed by atoms with Gasteiger partial charge in [0.2, 0.25) is 0 Å². The summed E-state index contributed by atoms with van der Waals surface area (Å²) in [4.78, 5) is 12.5. The van der Waals surface area contributed by atoms with Crippen LogP contribution in [0.1, 0.15) is 5.56 Å². The van der Waals surface area contributed by atoms with Crippen LogP contribution < -0.4 is 14.8 Å². The number of thiazole rings is 1. The highest BCUT2D eigenvalue weighted by atomic mass is 35.5. The van der Waals surface area contributed by atoms with Crippen molar-refractivity contribution >= 4 is 46.2 Å². The molecule has 23 heavy (non-hydrogen) atoms. The molecular formula is C16H9Cl2N3OS. The molecule has 0 aliphatic rings. The number of nitrogens with zero attached hydrogens (tertiary/aromatic N) is 3. The van der Waals surface area contributed by atoms with E-state index in [1.54, 1.807) is 36.4 Å². The molecule has 0 N–H and O–H groups in total. The number of hydrogen-bond acceptors (Lipinski definition) is 4. The maximum Gasteiger partial charge on any atom is 0.269 e. The first-order valence-electron chi connectivity index (χ1n) is 6.33. The van der Waals surface area contributed by atoms with Crippen molar-refractivity contribution in [3.63, 3.8) is 0 Å². The van der Waals surface area contributed by atoms with Crippen LogP contribution in [0.4, 0.5) is 0 Å². The molecule has 0 saturated carbocycles. The first-order valence-corrected chi connectivity index (χ1v) is 7.91. The summed E-state index contributed by atoms with van der Waals surface area (Å²) in [6, 6.07) is 8.55. The van der Waals surface area contributed by atoms with Crippen molar-refractivity contribution in [1.29, 1.82) is 10.5 Å². The SMILES string of the molecule is C=CCn1c(=C(C#N)C#N)sc(=Cc2ccc(Cl)cc2Cl)c1=O. The lowest BCUT2D eigenvalue weighted by molar-refractivity contribution is 0.775. The lowest BCUT2D eigenvalue weighted by atomic mass is 10.2. The highest BCUT2D eigenvalue weighted by Gasteiger charge is 2.08. The Bertz CT molecular complexity index is 1020. The molecule has 0 saturated heterocycles. The Hall–Kier alpha value is -2.31. The van der Waals surface area contributed by atoms with E-state index in [9.17, 15) is 4.79 Å². The molecule has 0 radical (unpaired) electrons. The second-order valence-electron chi connectivity index (χ2n) is 4.38. The zero-order chi connectivity index (χ0) is 17.0. The molecule has 0 bridgehead atoms. The van der Waals surface area contributed by atoms with Gasteiger partial charge in [0.1, 0.15) is 16.8 Å². The monoisotopic (exact) mass is 361 g/mol. The van der Waals surface area contributed by atoms with Gasteiger partial charge in [0, 0.05) is 16.6 Å². The molecule has 0 fully saturated rings. The fraction of sp³-hybridized carbons (Fsp3) is 0.0625. The second-order valence-corrected chi connectivity index (χ2v) is 6.26. The largest absolute Gasteiger partial charge is 0.293 e. The molecule has 0 spiro atoms. The topological polar surface area (TPSA) is 69.6 Å². The van der Waals surface area contributed by atoms with E-state index in [1.165, 1.54) is 10.6 Å². The van der Waals surface area contributed by atoms with E-state index in [2.05, 4.69) is 6.58 Å². The molecule has 2 rings (SSSR count). The number of rotatable bonds is 3. The lowest BCUT2D eigenvalue weighted by Crippen LogP contribution is -2.31. The van der Waals surface area contributed by atoms with Crippen molar-refractivity contribution in [2.45, 2.75) is 6.54 Å². The minimum atomic E-state index is -0.307. The third kappa shape index (κ3) is 3.55. The van der Waals surface area contributed by atoms with Crippen molar-refractivity contribution in [3.05, 3.63) is 66.0 Å². The van der Waals surface area contributed by atoms with Crippen LogP contribution in [0.5, 0.6) is 0 Å². The number of hydrogen-bond donors (Lipinski definition) is 0. The molecule has 0 atom stereocenters. The van der Waals surface area contributed by atoms with Gasteiger partial charge in [-0.1, -0.05) is 35.3 Å². The van der Waals surface area contributed by atoms with Gasteiger partial charge in [-0.05, 0) is 23.8 Å². The number of benzene rings is 1. The number of aromatic nitrogens is 1. The molecule has 1 heterocycles. The molecule has 2 aromatic rings. The molecule has 0 unspecified atom stereocenters. The van der Waals surface area contributed by atoms with Gasteiger partial charge in [-0.3, -0.25) is 9.36 Å². The van der Waals surface area contributed by atoms with E-state index < -0.39 is 0 Å². The summed E-state index contributed by atoms with van der Waals surface area (Å²) in [5.74, 6) is 0. The molecule has 0 aliphatic carbocycles. The van der Waals surface area contributed by atoms with Crippen molar-refractivity contribution in [2.75, 3.05) is 0 Å². The summed E-state index contributed by atoms with van der Waals surface area (Å²) in [6.07, 6.45) is 3.14. The van der Waals surface area contributed by atoms with E-state index in [0.717, 1.165) is 11.3 Å². The average Bonchev–Trinajstić information content (AvgIpc) is 2.81. The zero-order valence-corrected chi connectivity index (χ0v) is 14.0. The van der Waals surface area contributed by atoms with Crippen LogP contribution in [0.3, 0.4) is 0 Å². The van der Waals surface area contributed by atoms with E-state index in [4.69, 9.17) is 33.7 Å². The Morgan fingerprint density at radius 3 is 2.61 bits per heavy atom. The maximum atomic E-state index is 12.5. The Morgan fingerprint density at radius 1 is 1.35 bits per heavy atom. The molecule has 7 heteroatoms. The summed E-state index contributed by atoms with van der Waals surface area (Å²) in [6.45, 7) is 3.80. The van der Waals surface area contributed by atoms with Gasteiger partial charge >= 0.3 is 0 Å². The molecule has 1 aromatic heterocycles. The molecule has 4 nitrogen and oxygen atoms in total. The standard InChI is InChI=1S/C16H9Cl2N3OS/c1-2-5-21-15(22)14(23-16(21)11(8-19)9-20)6-10-3-4-12(17)7-13(10)18/h2-4,6-7H,1,5H2. The fourth-order valence-corrected chi connectivity index (χ4v) is 3.40. The first-order chi connectivity index (χ1) is 11.0. The lowest BCUT2D eigenvalue weighted by Gasteiger charge is -1.97. The Morgan fingerprint density at radius 2 is 2.04 bits per heavy atom.